The second-order valence-electron chi connectivity index (χ2n) is 8.59. The average molecular weight is 511 g/mol. The zero-order valence-electron chi connectivity index (χ0n) is 19.8. The molecule has 2 aromatic rings. The van der Waals surface area contributed by atoms with E-state index in [2.05, 4.69) is 5.32 Å². The van der Waals surface area contributed by atoms with Gasteiger partial charge < -0.3 is 14.8 Å². The van der Waals surface area contributed by atoms with Gasteiger partial charge in [0.25, 0.3) is 5.91 Å². The van der Waals surface area contributed by atoms with E-state index in [1.807, 2.05) is 13.8 Å². The zero-order valence-corrected chi connectivity index (χ0v) is 21.4. The maximum Gasteiger partial charge on any atom is 0.252 e. The van der Waals surface area contributed by atoms with Crippen molar-refractivity contribution < 1.29 is 27.1 Å². The number of halogens is 1. The molecule has 0 spiro atoms. The molecule has 34 heavy (non-hydrogen) atoms. The highest BCUT2D eigenvalue weighted by Crippen LogP contribution is 2.34. The third kappa shape index (κ3) is 6.57. The lowest BCUT2D eigenvalue weighted by Crippen LogP contribution is -2.42. The number of hydrogen-bond donors (Lipinski definition) is 1. The largest absolute Gasteiger partial charge is 0.354 e. The summed E-state index contributed by atoms with van der Waals surface area (Å²) in [7, 11) is -0.850. The first kappa shape index (κ1) is 26.6. The summed E-state index contributed by atoms with van der Waals surface area (Å²) >= 11 is 1.25. The third-order valence-electron chi connectivity index (χ3n) is 5.67. The highest BCUT2D eigenvalue weighted by atomic mass is 32.2. The Labute approximate surface area is 205 Å². The number of sulfonamides is 1. The molecule has 2 atom stereocenters. The molecule has 0 bridgehead atoms. The Hall–Kier alpha value is -1.98. The number of amides is 1. The highest BCUT2D eigenvalue weighted by Gasteiger charge is 2.32. The minimum atomic E-state index is -3.77. The predicted molar refractivity (Wildman–Crippen MR) is 129 cm³/mol. The first-order valence-corrected chi connectivity index (χ1v) is 13.3. The van der Waals surface area contributed by atoms with Crippen LogP contribution in [0, 0.1) is 17.7 Å². The fraction of sp³-hybridized carbons (Fsp3) is 0.458. The number of hydrogen-bond acceptors (Lipinski definition) is 6. The summed E-state index contributed by atoms with van der Waals surface area (Å²) in [4.78, 5) is 14.4. The van der Waals surface area contributed by atoms with Gasteiger partial charge in [0, 0.05) is 37.1 Å². The standard InChI is InChI=1S/C24H31FN2O5S2/c1-16-11-17(2)15-27(14-16)34(29,30)20-9-10-22(33-19-7-5-18(25)6-8-19)21(12-20)24(28)26-13-23(31-3)32-4/h5-10,12,16-17,23H,11,13-15H2,1-4H3,(H,26,28)/t16-,17-/m1/s1. The van der Waals surface area contributed by atoms with Crippen molar-refractivity contribution in [3.63, 3.8) is 0 Å². The fourth-order valence-electron chi connectivity index (χ4n) is 4.05. The van der Waals surface area contributed by atoms with Gasteiger partial charge >= 0.3 is 0 Å². The van der Waals surface area contributed by atoms with E-state index >= 15 is 0 Å². The fourth-order valence-corrected chi connectivity index (χ4v) is 6.68. The molecule has 1 aliphatic rings. The minimum Gasteiger partial charge on any atom is -0.354 e. The summed E-state index contributed by atoms with van der Waals surface area (Å²) in [6.45, 7) is 5.07. The van der Waals surface area contributed by atoms with Crippen LogP contribution in [0.1, 0.15) is 30.6 Å². The molecule has 1 saturated heterocycles. The molecule has 0 aromatic heterocycles. The molecular weight excluding hydrogens is 479 g/mol. The molecule has 1 amide bonds. The Balaban J connectivity index is 1.95. The molecule has 0 aliphatic carbocycles. The van der Waals surface area contributed by atoms with Gasteiger partial charge in [0.15, 0.2) is 6.29 Å². The average Bonchev–Trinajstić information content (AvgIpc) is 2.80. The van der Waals surface area contributed by atoms with Crippen molar-refractivity contribution in [2.24, 2.45) is 11.8 Å². The Kier molecular flexibility index (Phi) is 9.11. The SMILES string of the molecule is COC(CNC(=O)c1cc(S(=O)(=O)N2C[C@H](C)C[C@@H](C)C2)ccc1Sc1ccc(F)cc1)OC. The van der Waals surface area contributed by atoms with E-state index < -0.39 is 22.2 Å². The van der Waals surface area contributed by atoms with Gasteiger partial charge in [-0.05, 0) is 60.7 Å². The topological polar surface area (TPSA) is 84.9 Å². The van der Waals surface area contributed by atoms with Gasteiger partial charge in [0.05, 0.1) is 17.0 Å². The lowest BCUT2D eigenvalue weighted by atomic mass is 9.94. The Bertz CT molecular complexity index is 1080. The van der Waals surface area contributed by atoms with E-state index in [0.29, 0.717) is 18.0 Å². The van der Waals surface area contributed by atoms with Crippen molar-refractivity contribution in [2.45, 2.75) is 41.2 Å². The van der Waals surface area contributed by atoms with Gasteiger partial charge in [-0.2, -0.15) is 4.31 Å². The maximum atomic E-state index is 13.4. The summed E-state index contributed by atoms with van der Waals surface area (Å²) < 4.78 is 51.9. The molecule has 1 N–H and O–H groups in total. The summed E-state index contributed by atoms with van der Waals surface area (Å²) in [5.74, 6) is -0.302. The van der Waals surface area contributed by atoms with Crippen molar-refractivity contribution >= 4 is 27.7 Å². The van der Waals surface area contributed by atoms with Gasteiger partial charge in [0.2, 0.25) is 10.0 Å². The number of methoxy groups -OCH3 is 2. The summed E-state index contributed by atoms with van der Waals surface area (Å²) in [5, 5.41) is 2.74. The first-order valence-electron chi connectivity index (χ1n) is 11.1. The summed E-state index contributed by atoms with van der Waals surface area (Å²) in [6, 6.07) is 10.4. The number of carbonyl (C=O) groups excluding carboxylic acids is 1. The van der Waals surface area contributed by atoms with Crippen molar-refractivity contribution in [1.82, 2.24) is 9.62 Å². The van der Waals surface area contributed by atoms with Crippen LogP contribution >= 0.6 is 11.8 Å². The Morgan fingerprint density at radius 2 is 1.74 bits per heavy atom. The van der Waals surface area contributed by atoms with E-state index in [0.717, 1.165) is 11.3 Å². The van der Waals surface area contributed by atoms with E-state index in [9.17, 15) is 17.6 Å². The molecule has 7 nitrogen and oxygen atoms in total. The third-order valence-corrected chi connectivity index (χ3v) is 8.58. The number of piperidine rings is 1. The van der Waals surface area contributed by atoms with Crippen LogP contribution in [0.15, 0.2) is 57.2 Å². The number of nitrogens with one attached hydrogen (secondary N) is 1. The lowest BCUT2D eigenvalue weighted by Gasteiger charge is -2.34. The second kappa shape index (κ2) is 11.6. The van der Waals surface area contributed by atoms with Crippen molar-refractivity contribution in [1.29, 1.82) is 0 Å². The Morgan fingerprint density at radius 3 is 2.32 bits per heavy atom. The number of benzene rings is 2. The zero-order chi connectivity index (χ0) is 24.9. The molecule has 0 radical (unpaired) electrons. The second-order valence-corrected chi connectivity index (χ2v) is 11.6. The van der Waals surface area contributed by atoms with Crippen LogP contribution in [0.3, 0.4) is 0 Å². The van der Waals surface area contributed by atoms with E-state index in [1.54, 1.807) is 18.2 Å². The molecule has 186 valence electrons. The molecule has 3 rings (SSSR count). The smallest absolute Gasteiger partial charge is 0.252 e. The quantitative estimate of drug-likeness (QED) is 0.514. The summed E-state index contributed by atoms with van der Waals surface area (Å²) in [5.41, 5.74) is 0.208. The molecular formula is C24H31FN2O5S2. The molecule has 1 fully saturated rings. The minimum absolute atomic E-state index is 0.0671. The van der Waals surface area contributed by atoms with Crippen LogP contribution in [-0.2, 0) is 19.5 Å². The monoisotopic (exact) mass is 510 g/mol. The predicted octanol–water partition coefficient (Wildman–Crippen LogP) is 3.99. The van der Waals surface area contributed by atoms with Gasteiger partial charge in [-0.25, -0.2) is 12.8 Å². The highest BCUT2D eigenvalue weighted by molar-refractivity contribution is 7.99. The number of ether oxygens (including phenoxy) is 2. The van der Waals surface area contributed by atoms with Gasteiger partial charge in [-0.15, -0.1) is 0 Å². The molecule has 2 aromatic carbocycles. The first-order chi connectivity index (χ1) is 16.1. The van der Waals surface area contributed by atoms with Crippen LogP contribution in [0.4, 0.5) is 4.39 Å². The molecule has 1 heterocycles. The molecule has 10 heteroatoms. The van der Waals surface area contributed by atoms with Gasteiger partial charge in [-0.3, -0.25) is 4.79 Å². The van der Waals surface area contributed by atoms with E-state index in [1.165, 1.54) is 54.6 Å². The lowest BCUT2D eigenvalue weighted by molar-refractivity contribution is -0.0974. The number of rotatable bonds is 9. The van der Waals surface area contributed by atoms with Gasteiger partial charge in [0.1, 0.15) is 5.82 Å². The number of nitrogens with zero attached hydrogens (tertiary/aromatic N) is 1. The summed E-state index contributed by atoms with van der Waals surface area (Å²) in [6.07, 6.45) is 0.341. The normalized spacial score (nSPS) is 19.4. The maximum absolute atomic E-state index is 13.4. The van der Waals surface area contributed by atoms with E-state index in [-0.39, 0.29) is 34.7 Å². The number of carbonyl (C=O) groups is 1. The van der Waals surface area contributed by atoms with Crippen LogP contribution in [0.2, 0.25) is 0 Å². The van der Waals surface area contributed by atoms with Crippen LogP contribution in [0.5, 0.6) is 0 Å². The van der Waals surface area contributed by atoms with E-state index in [4.69, 9.17) is 9.47 Å². The van der Waals surface area contributed by atoms with Crippen molar-refractivity contribution in [2.75, 3.05) is 33.9 Å². The van der Waals surface area contributed by atoms with Gasteiger partial charge in [-0.1, -0.05) is 25.6 Å². The van der Waals surface area contributed by atoms with Crippen LogP contribution in [0.25, 0.3) is 0 Å². The van der Waals surface area contributed by atoms with Crippen LogP contribution < -0.4 is 5.32 Å². The molecule has 1 aliphatic heterocycles. The van der Waals surface area contributed by atoms with Crippen LogP contribution in [-0.4, -0.2) is 58.8 Å². The van der Waals surface area contributed by atoms with Crippen molar-refractivity contribution in [3.05, 3.63) is 53.8 Å². The van der Waals surface area contributed by atoms with Crippen molar-refractivity contribution in [3.8, 4) is 0 Å². The molecule has 0 unspecified atom stereocenters. The molecule has 0 saturated carbocycles. The Morgan fingerprint density at radius 1 is 1.12 bits per heavy atom.